The molecule has 1 aromatic rings. The van der Waals surface area contributed by atoms with Gasteiger partial charge in [-0.25, -0.2) is 9.59 Å². The first-order valence-corrected chi connectivity index (χ1v) is 17.5. The number of nitrogens with two attached hydrogens (primary N) is 1. The highest BCUT2D eigenvalue weighted by Gasteiger charge is 2.39. The van der Waals surface area contributed by atoms with Crippen molar-refractivity contribution in [2.45, 2.75) is 117 Å². The van der Waals surface area contributed by atoms with E-state index in [1.165, 1.54) is 7.11 Å². The van der Waals surface area contributed by atoms with E-state index in [-0.39, 0.29) is 23.8 Å². The van der Waals surface area contributed by atoms with Gasteiger partial charge in [0.1, 0.15) is 23.7 Å². The minimum absolute atomic E-state index is 0.212. The second-order valence-electron chi connectivity index (χ2n) is 14.5. The molecule has 5 N–H and O–H groups in total. The van der Waals surface area contributed by atoms with Crippen LogP contribution in [0.5, 0.6) is 0 Å². The molecular formula is C37H59N5O7. The number of esters is 1. The Kier molecular flexibility index (Phi) is 16.8. The number of ether oxygens (including phenoxy) is 2. The number of rotatable bonds is 17. The zero-order valence-electron chi connectivity index (χ0n) is 30.6. The minimum atomic E-state index is -0.939. The van der Waals surface area contributed by atoms with Crippen molar-refractivity contribution in [1.29, 1.82) is 0 Å². The summed E-state index contributed by atoms with van der Waals surface area (Å²) in [6.07, 6.45) is 6.06. The standard InChI is InChI=1S/C37H59N5O7/c1-24(2)22-28(39-36(47)49-37(5,6)7)19-18-27(23-26-14-10-9-11-15-26)34(45)42-21-13-17-30(42)32(43)41-31(25(3)4)33(44)40-29(16-12-20-38)35(46)48-8/h9-11,14-15,18-19,24-25,27-31H,12-13,16-17,20-23,38H2,1-8H3,(H,39,47)(H,40,44)(H,41,43)/b19-18+/t27?,28?,29?,30-,31?/m0/s1. The van der Waals surface area contributed by atoms with Crippen molar-refractivity contribution in [3.63, 3.8) is 0 Å². The van der Waals surface area contributed by atoms with Crippen molar-refractivity contribution < 1.29 is 33.4 Å². The Morgan fingerprint density at radius 2 is 1.67 bits per heavy atom. The number of nitrogens with one attached hydrogen (secondary N) is 3. The van der Waals surface area contributed by atoms with Crippen LogP contribution in [0.4, 0.5) is 4.79 Å². The van der Waals surface area contributed by atoms with E-state index in [4.69, 9.17) is 15.2 Å². The average molecular weight is 686 g/mol. The lowest BCUT2D eigenvalue weighted by Gasteiger charge is -2.30. The highest BCUT2D eigenvalue weighted by Crippen LogP contribution is 2.24. The van der Waals surface area contributed by atoms with Crippen molar-refractivity contribution in [3.8, 4) is 0 Å². The van der Waals surface area contributed by atoms with E-state index in [1.54, 1.807) is 39.5 Å². The first kappa shape index (κ1) is 41.2. The number of likely N-dealkylation sites (tertiary alicyclic amines) is 1. The van der Waals surface area contributed by atoms with Gasteiger partial charge in [-0.05, 0) is 83.2 Å². The summed E-state index contributed by atoms with van der Waals surface area (Å²) in [5, 5.41) is 8.50. The molecule has 1 aliphatic heterocycles. The van der Waals surface area contributed by atoms with Gasteiger partial charge in [-0.15, -0.1) is 0 Å². The van der Waals surface area contributed by atoms with Gasteiger partial charge in [-0.3, -0.25) is 14.4 Å². The molecule has 0 spiro atoms. The summed E-state index contributed by atoms with van der Waals surface area (Å²) in [6.45, 7) is 13.8. The van der Waals surface area contributed by atoms with Crippen LogP contribution >= 0.6 is 0 Å². The molecule has 0 radical (unpaired) electrons. The largest absolute Gasteiger partial charge is 0.467 e. The van der Waals surface area contributed by atoms with Crippen LogP contribution in [0.2, 0.25) is 0 Å². The molecule has 0 saturated carbocycles. The minimum Gasteiger partial charge on any atom is -0.467 e. The topological polar surface area (TPSA) is 169 Å². The molecule has 0 aromatic heterocycles. The predicted octanol–water partition coefficient (Wildman–Crippen LogP) is 3.87. The van der Waals surface area contributed by atoms with Crippen LogP contribution in [0.3, 0.4) is 0 Å². The number of hydrogen-bond acceptors (Lipinski definition) is 8. The molecule has 4 unspecified atom stereocenters. The number of amides is 4. The highest BCUT2D eigenvalue weighted by molar-refractivity contribution is 5.94. The summed E-state index contributed by atoms with van der Waals surface area (Å²) >= 11 is 0. The molecule has 2 rings (SSSR count). The maximum atomic E-state index is 14.3. The van der Waals surface area contributed by atoms with Gasteiger partial charge in [0.15, 0.2) is 0 Å². The number of carbonyl (C=O) groups is 5. The number of benzene rings is 1. The highest BCUT2D eigenvalue weighted by atomic mass is 16.6. The summed E-state index contributed by atoms with van der Waals surface area (Å²) < 4.78 is 10.3. The normalized spacial score (nSPS) is 17.4. The smallest absolute Gasteiger partial charge is 0.408 e. The summed E-state index contributed by atoms with van der Waals surface area (Å²) in [7, 11) is 1.25. The molecule has 12 heteroatoms. The number of alkyl carbamates (subject to hydrolysis) is 1. The fourth-order valence-electron chi connectivity index (χ4n) is 5.80. The van der Waals surface area contributed by atoms with Gasteiger partial charge in [-0.1, -0.05) is 70.2 Å². The Hall–Kier alpha value is -3.93. The van der Waals surface area contributed by atoms with Crippen LogP contribution in [0.1, 0.15) is 86.1 Å². The van der Waals surface area contributed by atoms with Gasteiger partial charge in [0.25, 0.3) is 0 Å². The van der Waals surface area contributed by atoms with E-state index >= 15 is 0 Å². The summed E-state index contributed by atoms with van der Waals surface area (Å²) in [5.74, 6) is -2.39. The third kappa shape index (κ3) is 14.2. The summed E-state index contributed by atoms with van der Waals surface area (Å²) in [4.78, 5) is 67.9. The maximum absolute atomic E-state index is 14.3. The number of methoxy groups -OCH3 is 1. The monoisotopic (exact) mass is 685 g/mol. The van der Waals surface area contributed by atoms with Crippen molar-refractivity contribution in [3.05, 3.63) is 48.0 Å². The molecule has 1 aliphatic rings. The van der Waals surface area contributed by atoms with E-state index in [1.807, 2.05) is 42.5 Å². The van der Waals surface area contributed by atoms with Crippen LogP contribution in [0.25, 0.3) is 0 Å². The molecule has 12 nitrogen and oxygen atoms in total. The number of carbonyl (C=O) groups excluding carboxylic acids is 5. The quantitative estimate of drug-likeness (QED) is 0.142. The predicted molar refractivity (Wildman–Crippen MR) is 189 cm³/mol. The first-order chi connectivity index (χ1) is 23.1. The van der Waals surface area contributed by atoms with Gasteiger partial charge in [0, 0.05) is 6.54 Å². The molecule has 1 aromatic carbocycles. The molecule has 0 aliphatic carbocycles. The number of hydrogen-bond donors (Lipinski definition) is 4. The van der Waals surface area contributed by atoms with Crippen molar-refractivity contribution in [2.75, 3.05) is 20.2 Å². The summed E-state index contributed by atoms with van der Waals surface area (Å²) in [6, 6.07) is 6.67. The fourth-order valence-corrected chi connectivity index (χ4v) is 5.80. The Morgan fingerprint density at radius 1 is 1.00 bits per heavy atom. The Labute approximate surface area is 292 Å². The van der Waals surface area contributed by atoms with Crippen molar-refractivity contribution in [1.82, 2.24) is 20.9 Å². The van der Waals surface area contributed by atoms with Crippen molar-refractivity contribution >= 4 is 29.8 Å². The van der Waals surface area contributed by atoms with E-state index < -0.39 is 53.5 Å². The molecule has 274 valence electrons. The number of nitrogens with zero attached hydrogens (tertiary/aromatic N) is 1. The van der Waals surface area contributed by atoms with Crippen LogP contribution in [0.15, 0.2) is 42.5 Å². The lowest BCUT2D eigenvalue weighted by molar-refractivity contribution is -0.146. The first-order valence-electron chi connectivity index (χ1n) is 17.5. The SMILES string of the molecule is COC(=O)C(CCCN)NC(=O)C(NC(=O)[C@@H]1CCCN1C(=O)C(/C=C/C(CC(C)C)NC(=O)OC(C)(C)C)Cc1ccccc1)C(C)C. The van der Waals surface area contributed by atoms with Gasteiger partial charge < -0.3 is 36.1 Å². The second-order valence-corrected chi connectivity index (χ2v) is 14.5. The van der Waals surface area contributed by atoms with E-state index in [9.17, 15) is 24.0 Å². The van der Waals surface area contributed by atoms with Gasteiger partial charge in [0.05, 0.1) is 19.1 Å². The third-order valence-corrected chi connectivity index (χ3v) is 8.20. The molecule has 4 amide bonds. The van der Waals surface area contributed by atoms with Gasteiger partial charge in [0.2, 0.25) is 17.7 Å². The molecule has 0 bridgehead atoms. The Balaban J connectivity index is 2.30. The lowest BCUT2D eigenvalue weighted by atomic mass is 9.94. The Morgan fingerprint density at radius 3 is 2.24 bits per heavy atom. The van der Waals surface area contributed by atoms with Crippen LogP contribution in [-0.2, 0) is 35.1 Å². The second kappa shape index (κ2) is 19.9. The molecule has 5 atom stereocenters. The third-order valence-electron chi connectivity index (χ3n) is 8.20. The maximum Gasteiger partial charge on any atom is 0.408 e. The van der Waals surface area contributed by atoms with Gasteiger partial charge >= 0.3 is 12.1 Å². The fraction of sp³-hybridized carbons (Fsp3) is 0.649. The molecule has 1 heterocycles. The lowest BCUT2D eigenvalue weighted by Crippen LogP contribution is -2.57. The molecule has 49 heavy (non-hydrogen) atoms. The van der Waals surface area contributed by atoms with Crippen LogP contribution < -0.4 is 21.7 Å². The van der Waals surface area contributed by atoms with Crippen molar-refractivity contribution in [2.24, 2.45) is 23.5 Å². The van der Waals surface area contributed by atoms with Crippen LogP contribution in [0, 0.1) is 17.8 Å². The van der Waals surface area contributed by atoms with Gasteiger partial charge in [-0.2, -0.15) is 0 Å². The Bertz CT molecular complexity index is 1260. The molecule has 1 fully saturated rings. The van der Waals surface area contributed by atoms with E-state index in [2.05, 4.69) is 29.8 Å². The zero-order valence-corrected chi connectivity index (χ0v) is 30.6. The molecule has 1 saturated heterocycles. The van der Waals surface area contributed by atoms with E-state index in [0.29, 0.717) is 51.6 Å². The average Bonchev–Trinajstić information content (AvgIpc) is 3.52. The van der Waals surface area contributed by atoms with Crippen LogP contribution in [-0.4, -0.2) is 84.7 Å². The summed E-state index contributed by atoms with van der Waals surface area (Å²) in [5.41, 5.74) is 5.91. The molecular weight excluding hydrogens is 626 g/mol. The van der Waals surface area contributed by atoms with E-state index in [0.717, 1.165) is 5.56 Å². The zero-order chi connectivity index (χ0) is 36.7.